The Morgan fingerprint density at radius 2 is 2.12 bits per heavy atom. The maximum absolute atomic E-state index is 12.2. The zero-order valence-electron chi connectivity index (χ0n) is 14.4. The number of hydrogen-bond donors (Lipinski definition) is 3. The highest BCUT2D eigenvalue weighted by Gasteiger charge is 2.23. The van der Waals surface area contributed by atoms with Crippen LogP contribution in [0.5, 0.6) is 0 Å². The van der Waals surface area contributed by atoms with Gasteiger partial charge in [0.1, 0.15) is 5.76 Å². The van der Waals surface area contributed by atoms with Crippen LogP contribution in [0, 0.1) is 6.92 Å². The molecule has 1 fully saturated rings. The lowest BCUT2D eigenvalue weighted by molar-refractivity contribution is -0.120. The first kappa shape index (κ1) is 17.5. The molecule has 0 bridgehead atoms. The van der Waals surface area contributed by atoms with Crippen LogP contribution in [0.2, 0.25) is 0 Å². The number of amides is 4. The highest BCUT2D eigenvalue weighted by atomic mass is 16.3. The van der Waals surface area contributed by atoms with Crippen LogP contribution < -0.4 is 20.9 Å². The first-order valence-corrected chi connectivity index (χ1v) is 8.28. The highest BCUT2D eigenvalue weighted by Crippen LogP contribution is 2.22. The molecule has 8 heteroatoms. The maximum Gasteiger partial charge on any atom is 0.322 e. The summed E-state index contributed by atoms with van der Waals surface area (Å²) in [5, 5.41) is 7.98. The fourth-order valence-electron chi connectivity index (χ4n) is 2.72. The summed E-state index contributed by atoms with van der Waals surface area (Å²) >= 11 is 0. The minimum absolute atomic E-state index is 0.130. The molecule has 0 atom stereocenters. The van der Waals surface area contributed by atoms with Crippen LogP contribution in [0.3, 0.4) is 0 Å². The van der Waals surface area contributed by atoms with Gasteiger partial charge in [0.2, 0.25) is 5.91 Å². The topological polar surface area (TPSA) is 104 Å². The summed E-state index contributed by atoms with van der Waals surface area (Å²) in [6.07, 6.45) is 1.53. The van der Waals surface area contributed by atoms with Gasteiger partial charge in [0.05, 0.1) is 19.4 Å². The zero-order valence-corrected chi connectivity index (χ0v) is 14.4. The van der Waals surface area contributed by atoms with E-state index >= 15 is 0 Å². The molecule has 26 heavy (non-hydrogen) atoms. The molecule has 3 N–H and O–H groups in total. The molecule has 1 aliphatic rings. The largest absolute Gasteiger partial charge is 0.467 e. The minimum Gasteiger partial charge on any atom is -0.467 e. The molecule has 1 saturated heterocycles. The van der Waals surface area contributed by atoms with Crippen molar-refractivity contribution in [2.45, 2.75) is 13.5 Å². The fourth-order valence-corrected chi connectivity index (χ4v) is 2.72. The number of furan rings is 1. The Balaban J connectivity index is 1.53. The second-order valence-electron chi connectivity index (χ2n) is 5.92. The van der Waals surface area contributed by atoms with Crippen molar-refractivity contribution in [2.24, 2.45) is 0 Å². The molecule has 2 heterocycles. The highest BCUT2D eigenvalue weighted by molar-refractivity contribution is 5.99. The van der Waals surface area contributed by atoms with Crippen LogP contribution in [0.4, 0.5) is 10.5 Å². The smallest absolute Gasteiger partial charge is 0.322 e. The van der Waals surface area contributed by atoms with E-state index < -0.39 is 0 Å². The van der Waals surface area contributed by atoms with Crippen molar-refractivity contribution in [3.05, 3.63) is 53.5 Å². The van der Waals surface area contributed by atoms with E-state index in [0.717, 1.165) is 11.3 Å². The number of benzene rings is 1. The summed E-state index contributed by atoms with van der Waals surface area (Å²) < 4.78 is 5.12. The Bertz CT molecular complexity index is 817. The maximum atomic E-state index is 12.2. The van der Waals surface area contributed by atoms with Crippen LogP contribution in [0.15, 0.2) is 41.0 Å². The third kappa shape index (κ3) is 4.02. The van der Waals surface area contributed by atoms with Gasteiger partial charge in [0, 0.05) is 24.3 Å². The van der Waals surface area contributed by atoms with Crippen molar-refractivity contribution in [1.29, 1.82) is 0 Å². The zero-order chi connectivity index (χ0) is 18.5. The van der Waals surface area contributed by atoms with Crippen molar-refractivity contribution in [2.75, 3.05) is 24.5 Å². The van der Waals surface area contributed by atoms with Crippen LogP contribution >= 0.6 is 0 Å². The first-order valence-electron chi connectivity index (χ1n) is 8.28. The number of nitrogens with zero attached hydrogens (tertiary/aromatic N) is 1. The molecule has 0 saturated carbocycles. The third-order valence-electron chi connectivity index (χ3n) is 4.06. The van der Waals surface area contributed by atoms with Gasteiger partial charge < -0.3 is 20.4 Å². The Kier molecular flexibility index (Phi) is 5.21. The van der Waals surface area contributed by atoms with Gasteiger partial charge in [-0.05, 0) is 42.8 Å². The summed E-state index contributed by atoms with van der Waals surface area (Å²) in [4.78, 5) is 37.4. The first-order chi connectivity index (χ1) is 12.5. The number of rotatable bonds is 6. The number of carbonyl (C=O) groups is 3. The number of anilines is 1. The molecular formula is C18H20N4O4. The number of hydrogen-bond acceptors (Lipinski definition) is 4. The second-order valence-corrected chi connectivity index (χ2v) is 5.92. The van der Waals surface area contributed by atoms with Gasteiger partial charge in [0.15, 0.2) is 0 Å². The average Bonchev–Trinajstić information content (AvgIpc) is 3.29. The molecule has 4 amide bonds. The van der Waals surface area contributed by atoms with E-state index in [-0.39, 0.29) is 30.9 Å². The van der Waals surface area contributed by atoms with E-state index in [2.05, 4.69) is 16.0 Å². The molecule has 136 valence electrons. The normalized spacial score (nSPS) is 13.4. The molecule has 0 radical (unpaired) electrons. The van der Waals surface area contributed by atoms with Gasteiger partial charge in [-0.15, -0.1) is 0 Å². The molecule has 0 spiro atoms. The van der Waals surface area contributed by atoms with Crippen molar-refractivity contribution < 1.29 is 18.8 Å². The van der Waals surface area contributed by atoms with Gasteiger partial charge in [-0.2, -0.15) is 0 Å². The Morgan fingerprint density at radius 1 is 1.27 bits per heavy atom. The summed E-state index contributed by atoms with van der Waals surface area (Å²) in [5.41, 5.74) is 2.02. The van der Waals surface area contributed by atoms with Crippen molar-refractivity contribution >= 4 is 23.5 Å². The average molecular weight is 356 g/mol. The van der Waals surface area contributed by atoms with E-state index in [9.17, 15) is 14.4 Å². The lowest BCUT2D eigenvalue weighted by atomic mass is 10.1. The summed E-state index contributed by atoms with van der Waals surface area (Å²) in [6, 6.07) is 8.44. The van der Waals surface area contributed by atoms with Crippen molar-refractivity contribution in [3.63, 3.8) is 0 Å². The predicted octanol–water partition coefficient (Wildman–Crippen LogP) is 1.16. The lowest BCUT2D eigenvalue weighted by Crippen LogP contribution is -2.36. The summed E-state index contributed by atoms with van der Waals surface area (Å²) in [7, 11) is 0. The Morgan fingerprint density at radius 3 is 2.77 bits per heavy atom. The second kappa shape index (κ2) is 7.73. The van der Waals surface area contributed by atoms with Crippen molar-refractivity contribution in [1.82, 2.24) is 16.0 Å². The quantitative estimate of drug-likeness (QED) is 0.723. The summed E-state index contributed by atoms with van der Waals surface area (Å²) in [5.74, 6) is -0.0164. The molecule has 3 rings (SSSR count). The van der Waals surface area contributed by atoms with E-state index in [4.69, 9.17) is 4.42 Å². The molecule has 1 aliphatic heterocycles. The molecule has 1 aromatic heterocycles. The predicted molar refractivity (Wildman–Crippen MR) is 94.8 cm³/mol. The number of urea groups is 1. The number of carbonyl (C=O) groups excluding carboxylic acids is 3. The van der Waals surface area contributed by atoms with Crippen LogP contribution in [0.1, 0.15) is 21.7 Å². The third-order valence-corrected chi connectivity index (χ3v) is 4.06. The van der Waals surface area contributed by atoms with Crippen LogP contribution in [-0.4, -0.2) is 37.5 Å². The van der Waals surface area contributed by atoms with Crippen LogP contribution in [0.25, 0.3) is 0 Å². The van der Waals surface area contributed by atoms with E-state index in [0.29, 0.717) is 24.4 Å². The molecular weight excluding hydrogens is 336 g/mol. The van der Waals surface area contributed by atoms with Crippen molar-refractivity contribution in [3.8, 4) is 0 Å². The Hall–Kier alpha value is -3.29. The van der Waals surface area contributed by atoms with E-state index in [1.54, 1.807) is 35.2 Å². The molecule has 8 nitrogen and oxygen atoms in total. The molecule has 0 unspecified atom stereocenters. The van der Waals surface area contributed by atoms with Crippen LogP contribution in [-0.2, 0) is 11.3 Å². The van der Waals surface area contributed by atoms with Gasteiger partial charge >= 0.3 is 6.03 Å². The Labute approximate surface area is 150 Å². The van der Waals surface area contributed by atoms with Gasteiger partial charge in [-0.25, -0.2) is 4.79 Å². The fraction of sp³-hybridized carbons (Fsp3) is 0.278. The molecule has 2 aromatic rings. The van der Waals surface area contributed by atoms with E-state index in [1.165, 1.54) is 6.26 Å². The number of aryl methyl sites for hydroxylation is 1. The van der Waals surface area contributed by atoms with E-state index in [1.807, 2.05) is 6.92 Å². The standard InChI is InChI=1S/C18H20N4O4/c1-12-9-13(4-5-15(12)22-7-6-19-18(22)25)17(24)21-11-16(23)20-10-14-3-2-8-26-14/h2-5,8-9H,6-7,10-11H2,1H3,(H,19,25)(H,20,23)(H,21,24). The lowest BCUT2D eigenvalue weighted by Gasteiger charge is -2.17. The van der Waals surface area contributed by atoms with Gasteiger partial charge in [0.25, 0.3) is 5.91 Å². The summed E-state index contributed by atoms with van der Waals surface area (Å²) in [6.45, 7) is 3.19. The monoisotopic (exact) mass is 356 g/mol. The van der Waals surface area contributed by atoms with Gasteiger partial charge in [-0.1, -0.05) is 0 Å². The molecule has 0 aliphatic carbocycles. The SMILES string of the molecule is Cc1cc(C(=O)NCC(=O)NCc2ccco2)ccc1N1CCNC1=O. The number of nitrogens with one attached hydrogen (secondary N) is 3. The minimum atomic E-state index is -0.348. The van der Waals surface area contributed by atoms with Gasteiger partial charge in [-0.3, -0.25) is 14.5 Å². The molecule has 1 aromatic carbocycles.